The topological polar surface area (TPSA) is 100 Å². The van der Waals surface area contributed by atoms with Gasteiger partial charge in [0.25, 0.3) is 0 Å². The van der Waals surface area contributed by atoms with E-state index in [1.807, 2.05) is 0 Å². The molecule has 2 rings (SSSR count). The number of carboxylic acid groups (broad SMARTS) is 2. The summed E-state index contributed by atoms with van der Waals surface area (Å²) < 4.78 is 0. The summed E-state index contributed by atoms with van der Waals surface area (Å²) in [5, 5.41) is 18.8. The van der Waals surface area contributed by atoms with Crippen LogP contribution in [0.25, 0.3) is 0 Å². The first-order valence-electron chi connectivity index (χ1n) is 5.29. The Kier molecular flexibility index (Phi) is 7.20. The van der Waals surface area contributed by atoms with E-state index in [0.29, 0.717) is 10.1 Å². The van der Waals surface area contributed by atoms with Crippen molar-refractivity contribution in [3.8, 4) is 0 Å². The minimum absolute atomic E-state index is 0. The summed E-state index contributed by atoms with van der Waals surface area (Å²) in [6.45, 7) is 0. The van der Waals surface area contributed by atoms with Crippen LogP contribution in [0.2, 0.25) is 0 Å². The second-order valence-corrected chi connectivity index (χ2v) is 5.71. The maximum atomic E-state index is 10.8. The van der Waals surface area contributed by atoms with Gasteiger partial charge in [0, 0.05) is 42.0 Å². The Labute approximate surface area is 150 Å². The molecule has 0 saturated carbocycles. The second-order valence-electron chi connectivity index (χ2n) is 3.54. The Morgan fingerprint density at radius 1 is 0.857 bits per heavy atom. The van der Waals surface area contributed by atoms with E-state index in [0.717, 1.165) is 0 Å². The molecule has 21 heavy (non-hydrogen) atoms. The van der Waals surface area contributed by atoms with Crippen molar-refractivity contribution in [1.29, 1.82) is 0 Å². The Morgan fingerprint density at radius 3 is 1.57 bits per heavy atom. The molecule has 2 heterocycles. The van der Waals surface area contributed by atoms with Crippen molar-refractivity contribution in [2.45, 2.75) is 10.1 Å². The van der Waals surface area contributed by atoms with Gasteiger partial charge in [0.05, 0.1) is 11.1 Å². The Hall–Kier alpha value is -1.06. The molecule has 6 nitrogen and oxygen atoms in total. The molecule has 0 bridgehead atoms. The SMILES string of the molecule is O=C(O)c1ccnc(SSc2cc(C(=O)O)ccn2)c1.[Na]. The molecule has 0 saturated heterocycles. The fourth-order valence-corrected chi connectivity index (χ4v) is 3.05. The van der Waals surface area contributed by atoms with Gasteiger partial charge >= 0.3 is 11.9 Å². The molecule has 0 spiro atoms. The number of rotatable bonds is 5. The monoisotopic (exact) mass is 331 g/mol. The molecule has 9 heteroatoms. The van der Waals surface area contributed by atoms with Crippen LogP contribution in [0.5, 0.6) is 0 Å². The molecule has 0 aliphatic heterocycles. The first-order chi connectivity index (χ1) is 9.56. The van der Waals surface area contributed by atoms with Crippen LogP contribution < -0.4 is 0 Å². The van der Waals surface area contributed by atoms with Gasteiger partial charge in [-0.1, -0.05) is 0 Å². The van der Waals surface area contributed by atoms with Crippen LogP contribution in [0, 0.1) is 0 Å². The summed E-state index contributed by atoms with van der Waals surface area (Å²) in [4.78, 5) is 29.7. The van der Waals surface area contributed by atoms with E-state index in [4.69, 9.17) is 10.2 Å². The van der Waals surface area contributed by atoms with Crippen LogP contribution in [-0.4, -0.2) is 61.7 Å². The fourth-order valence-electron chi connectivity index (χ4n) is 1.26. The third kappa shape index (κ3) is 5.33. The number of carboxylic acids is 2. The van der Waals surface area contributed by atoms with Crippen molar-refractivity contribution < 1.29 is 19.8 Å². The van der Waals surface area contributed by atoms with Crippen LogP contribution in [0.15, 0.2) is 46.7 Å². The van der Waals surface area contributed by atoms with Crippen molar-refractivity contribution >= 4 is 63.1 Å². The van der Waals surface area contributed by atoms with Gasteiger partial charge in [0.1, 0.15) is 10.1 Å². The van der Waals surface area contributed by atoms with Crippen LogP contribution in [0.4, 0.5) is 0 Å². The van der Waals surface area contributed by atoms with Gasteiger partial charge in [-0.05, 0) is 45.9 Å². The summed E-state index contributed by atoms with van der Waals surface area (Å²) in [7, 11) is 2.42. The normalized spacial score (nSPS) is 9.71. The first-order valence-corrected chi connectivity index (χ1v) is 7.44. The zero-order valence-corrected chi connectivity index (χ0v) is 14.5. The minimum Gasteiger partial charge on any atom is -0.478 e. The average Bonchev–Trinajstić information content (AvgIpc) is 2.45. The van der Waals surface area contributed by atoms with E-state index >= 15 is 0 Å². The van der Waals surface area contributed by atoms with E-state index in [-0.39, 0.29) is 40.7 Å². The van der Waals surface area contributed by atoms with Gasteiger partial charge in [-0.25, -0.2) is 19.6 Å². The van der Waals surface area contributed by atoms with Crippen LogP contribution in [-0.2, 0) is 0 Å². The summed E-state index contributed by atoms with van der Waals surface area (Å²) in [5.41, 5.74) is 0.297. The number of carbonyl (C=O) groups is 2. The van der Waals surface area contributed by atoms with E-state index in [9.17, 15) is 9.59 Å². The Bertz CT molecular complexity index is 612. The molecule has 2 aromatic rings. The number of aromatic carboxylic acids is 2. The second kappa shape index (κ2) is 8.40. The Morgan fingerprint density at radius 2 is 1.24 bits per heavy atom. The standard InChI is InChI=1S/C12H8N2O4S2.Na/c15-11(16)7-1-3-13-9(5-7)19-20-10-6-8(12(17)18)2-4-14-10;/h1-6H,(H,15,16)(H,17,18);. The number of hydrogen-bond acceptors (Lipinski definition) is 6. The molecule has 2 N–H and O–H groups in total. The third-order valence-electron chi connectivity index (χ3n) is 2.18. The predicted molar refractivity (Wildman–Crippen MR) is 79.9 cm³/mol. The number of pyridine rings is 2. The van der Waals surface area contributed by atoms with Gasteiger partial charge in [-0.2, -0.15) is 0 Å². The minimum atomic E-state index is -1.02. The van der Waals surface area contributed by atoms with E-state index in [1.54, 1.807) is 0 Å². The van der Waals surface area contributed by atoms with E-state index in [2.05, 4.69) is 9.97 Å². The summed E-state index contributed by atoms with van der Waals surface area (Å²) in [6.07, 6.45) is 2.82. The van der Waals surface area contributed by atoms with Gasteiger partial charge in [0.15, 0.2) is 0 Å². The fraction of sp³-hybridized carbons (Fsp3) is 0. The number of aromatic nitrogens is 2. The molecule has 0 aliphatic rings. The molecule has 1 radical (unpaired) electrons. The zero-order valence-electron chi connectivity index (χ0n) is 10.9. The van der Waals surface area contributed by atoms with Crippen molar-refractivity contribution in [3.05, 3.63) is 47.8 Å². The molecule has 103 valence electrons. The molecule has 0 atom stereocenters. The number of hydrogen-bond donors (Lipinski definition) is 2. The zero-order chi connectivity index (χ0) is 14.5. The predicted octanol–water partition coefficient (Wildman–Crippen LogP) is 2.29. The molecule has 0 unspecified atom stereocenters. The van der Waals surface area contributed by atoms with Crippen LogP contribution in [0.1, 0.15) is 20.7 Å². The van der Waals surface area contributed by atoms with Gasteiger partial charge in [-0.15, -0.1) is 0 Å². The third-order valence-corrected chi connectivity index (χ3v) is 4.32. The molecular weight excluding hydrogens is 323 g/mol. The maximum Gasteiger partial charge on any atom is 0.335 e. The summed E-state index contributed by atoms with van der Waals surface area (Å²) >= 11 is 0. The van der Waals surface area contributed by atoms with Gasteiger partial charge < -0.3 is 10.2 Å². The smallest absolute Gasteiger partial charge is 0.335 e. The van der Waals surface area contributed by atoms with Crippen molar-refractivity contribution in [2.75, 3.05) is 0 Å². The summed E-state index contributed by atoms with van der Waals surface area (Å²) in [6, 6.07) is 5.70. The largest absolute Gasteiger partial charge is 0.478 e. The van der Waals surface area contributed by atoms with Crippen molar-refractivity contribution in [3.63, 3.8) is 0 Å². The average molecular weight is 331 g/mol. The molecule has 2 aromatic heterocycles. The van der Waals surface area contributed by atoms with Crippen LogP contribution >= 0.6 is 21.6 Å². The molecule has 0 amide bonds. The number of nitrogens with zero attached hydrogens (tertiary/aromatic N) is 2. The molecular formula is C12H8N2NaO4S2. The van der Waals surface area contributed by atoms with Crippen molar-refractivity contribution in [1.82, 2.24) is 9.97 Å². The maximum absolute atomic E-state index is 10.8. The van der Waals surface area contributed by atoms with E-state index < -0.39 is 11.9 Å². The van der Waals surface area contributed by atoms with Crippen molar-refractivity contribution in [2.24, 2.45) is 0 Å². The molecule has 0 aromatic carbocycles. The van der Waals surface area contributed by atoms with Gasteiger partial charge in [-0.3, -0.25) is 0 Å². The van der Waals surface area contributed by atoms with E-state index in [1.165, 1.54) is 58.2 Å². The van der Waals surface area contributed by atoms with Crippen LogP contribution in [0.3, 0.4) is 0 Å². The Balaban J connectivity index is 0.00000220. The van der Waals surface area contributed by atoms with Gasteiger partial charge in [0.2, 0.25) is 0 Å². The first kappa shape index (κ1) is 18.0. The summed E-state index contributed by atoms with van der Waals surface area (Å²) in [5.74, 6) is -2.05. The molecule has 0 aliphatic carbocycles. The quantitative estimate of drug-likeness (QED) is 0.636. The molecule has 0 fully saturated rings.